The highest BCUT2D eigenvalue weighted by atomic mass is 32.1. The third-order valence-corrected chi connectivity index (χ3v) is 7.11. The van der Waals surface area contributed by atoms with Crippen LogP contribution in [-0.4, -0.2) is 91.4 Å². The number of anilines is 1. The predicted molar refractivity (Wildman–Crippen MR) is 125 cm³/mol. The van der Waals surface area contributed by atoms with Crippen molar-refractivity contribution in [2.24, 2.45) is 0 Å². The lowest BCUT2D eigenvalue weighted by Gasteiger charge is -2.29. The van der Waals surface area contributed by atoms with E-state index in [9.17, 15) is 4.79 Å². The number of morpholine rings is 1. The smallest absolute Gasteiger partial charge is 0.319 e. The molecule has 9 nitrogen and oxygen atoms in total. The summed E-state index contributed by atoms with van der Waals surface area (Å²) in [4.78, 5) is 31.5. The summed E-state index contributed by atoms with van der Waals surface area (Å²) in [5.74, 6) is 1.56. The summed E-state index contributed by atoms with van der Waals surface area (Å²) < 4.78 is 12.2. The maximum absolute atomic E-state index is 12.3. The van der Waals surface area contributed by atoms with Crippen molar-refractivity contribution in [3.05, 3.63) is 23.5 Å². The molecule has 2 aliphatic rings. The first-order valence-electron chi connectivity index (χ1n) is 10.9. The zero-order valence-corrected chi connectivity index (χ0v) is 19.5. The summed E-state index contributed by atoms with van der Waals surface area (Å²) in [6.45, 7) is 4.55. The summed E-state index contributed by atoms with van der Waals surface area (Å²) in [7, 11) is 5.25. The second-order valence-electron chi connectivity index (χ2n) is 8.26. The van der Waals surface area contributed by atoms with Crippen LogP contribution in [0.1, 0.15) is 11.4 Å². The maximum atomic E-state index is 12.3. The molecule has 2 aromatic heterocycles. The Morgan fingerprint density at radius 2 is 1.94 bits per heavy atom. The summed E-state index contributed by atoms with van der Waals surface area (Å²) in [6.07, 6.45) is 1.49. The van der Waals surface area contributed by atoms with Crippen molar-refractivity contribution in [1.29, 1.82) is 0 Å². The molecule has 5 rings (SSSR count). The number of nitrogens with one attached hydrogen (secondary N) is 1. The molecule has 1 saturated heterocycles. The lowest BCUT2D eigenvalue weighted by atomic mass is 10.2. The molecule has 0 bridgehead atoms. The van der Waals surface area contributed by atoms with Crippen LogP contribution in [0, 0.1) is 0 Å². The molecule has 0 unspecified atom stereocenters. The number of benzene rings is 1. The molecule has 3 aromatic rings. The number of carbonyl (C=O) groups is 1. The number of H-pyrrole nitrogens is 1. The third-order valence-electron chi connectivity index (χ3n) is 6.03. The van der Waals surface area contributed by atoms with Gasteiger partial charge in [0.1, 0.15) is 11.3 Å². The Balaban J connectivity index is 1.46. The van der Waals surface area contributed by atoms with Gasteiger partial charge < -0.3 is 29.2 Å². The van der Waals surface area contributed by atoms with Gasteiger partial charge in [0.05, 0.1) is 36.4 Å². The van der Waals surface area contributed by atoms with Gasteiger partial charge in [-0.2, -0.15) is 0 Å². The van der Waals surface area contributed by atoms with Gasteiger partial charge in [0.25, 0.3) is 0 Å². The molecule has 2 amide bonds. The monoisotopic (exact) mass is 456 g/mol. The van der Waals surface area contributed by atoms with E-state index in [1.165, 1.54) is 5.69 Å². The molecular weight excluding hydrogens is 428 g/mol. The molecule has 170 valence electrons. The number of methoxy groups -OCH3 is 1. The van der Waals surface area contributed by atoms with E-state index in [0.717, 1.165) is 77.3 Å². The molecule has 1 fully saturated rings. The topological polar surface area (TPSA) is 86.8 Å². The van der Waals surface area contributed by atoms with Crippen molar-refractivity contribution in [1.82, 2.24) is 24.8 Å². The average molecular weight is 457 g/mol. The van der Waals surface area contributed by atoms with E-state index in [0.29, 0.717) is 13.1 Å². The van der Waals surface area contributed by atoms with Crippen molar-refractivity contribution in [3.8, 4) is 16.6 Å². The minimum absolute atomic E-state index is 0.0456. The van der Waals surface area contributed by atoms with E-state index >= 15 is 0 Å². The number of aromatic amines is 1. The fraction of sp³-hybridized carbons (Fsp3) is 0.500. The van der Waals surface area contributed by atoms with E-state index < -0.39 is 0 Å². The van der Waals surface area contributed by atoms with Crippen molar-refractivity contribution >= 4 is 33.3 Å². The first-order chi connectivity index (χ1) is 15.5. The summed E-state index contributed by atoms with van der Waals surface area (Å²) in [5, 5.41) is 0.855. The highest BCUT2D eigenvalue weighted by molar-refractivity contribution is 7.22. The molecule has 0 radical (unpaired) electrons. The summed E-state index contributed by atoms with van der Waals surface area (Å²) in [6, 6.07) is 4.15. The molecular formula is C22H28N6O3S. The van der Waals surface area contributed by atoms with Crippen LogP contribution in [-0.2, 0) is 17.6 Å². The summed E-state index contributed by atoms with van der Waals surface area (Å²) in [5.41, 5.74) is 4.15. The lowest BCUT2D eigenvalue weighted by molar-refractivity contribution is 0.123. The van der Waals surface area contributed by atoms with E-state index in [1.807, 2.05) is 11.0 Å². The lowest BCUT2D eigenvalue weighted by Crippen LogP contribution is -2.40. The van der Waals surface area contributed by atoms with Gasteiger partial charge in [0.15, 0.2) is 10.8 Å². The van der Waals surface area contributed by atoms with Crippen LogP contribution < -0.4 is 9.64 Å². The first kappa shape index (κ1) is 21.0. The van der Waals surface area contributed by atoms with Crippen LogP contribution in [0.3, 0.4) is 0 Å². The maximum Gasteiger partial charge on any atom is 0.319 e. The van der Waals surface area contributed by atoms with Gasteiger partial charge in [0, 0.05) is 58.8 Å². The normalized spacial score (nSPS) is 16.7. The van der Waals surface area contributed by atoms with Gasteiger partial charge in [-0.15, -0.1) is 11.3 Å². The number of urea groups is 1. The van der Waals surface area contributed by atoms with Gasteiger partial charge in [-0.05, 0) is 12.1 Å². The minimum atomic E-state index is 0.0456. The molecule has 32 heavy (non-hydrogen) atoms. The number of imidazole rings is 1. The van der Waals surface area contributed by atoms with Crippen molar-refractivity contribution in [2.75, 3.05) is 65.5 Å². The second kappa shape index (κ2) is 8.59. The fourth-order valence-corrected chi connectivity index (χ4v) is 5.39. The largest absolute Gasteiger partial charge is 0.494 e. The number of carbonyl (C=O) groups excluding carboxylic acids is 1. The van der Waals surface area contributed by atoms with E-state index in [1.54, 1.807) is 37.4 Å². The molecule has 0 aliphatic carbocycles. The van der Waals surface area contributed by atoms with Crippen LogP contribution in [0.25, 0.3) is 21.0 Å². The Hall–Kier alpha value is -2.85. The second-order valence-corrected chi connectivity index (χ2v) is 9.26. The number of fused-ring (bicyclic) bond motifs is 2. The van der Waals surface area contributed by atoms with Gasteiger partial charge in [-0.25, -0.2) is 14.8 Å². The Morgan fingerprint density at radius 1 is 1.16 bits per heavy atom. The van der Waals surface area contributed by atoms with Crippen LogP contribution in [0.2, 0.25) is 0 Å². The number of amides is 2. The minimum Gasteiger partial charge on any atom is -0.494 e. The van der Waals surface area contributed by atoms with E-state index in [4.69, 9.17) is 19.4 Å². The molecule has 4 heterocycles. The van der Waals surface area contributed by atoms with Crippen LogP contribution >= 0.6 is 11.3 Å². The molecule has 1 aromatic carbocycles. The SMILES string of the molecule is COc1ccc(N2CCOCC2)c2sc(-c3nc4c([nH]3)CCN(C(=O)N(C)C)CC4)nc12. The Labute approximate surface area is 190 Å². The molecule has 0 saturated carbocycles. The Morgan fingerprint density at radius 3 is 2.69 bits per heavy atom. The molecule has 2 aliphatic heterocycles. The zero-order valence-electron chi connectivity index (χ0n) is 18.7. The fourth-order valence-electron chi connectivity index (χ4n) is 4.32. The highest BCUT2D eigenvalue weighted by Crippen LogP contribution is 2.40. The number of nitrogens with zero attached hydrogens (tertiary/aromatic N) is 5. The average Bonchev–Trinajstić information content (AvgIpc) is 3.38. The van der Waals surface area contributed by atoms with Crippen molar-refractivity contribution in [3.63, 3.8) is 0 Å². The van der Waals surface area contributed by atoms with Gasteiger partial charge >= 0.3 is 6.03 Å². The van der Waals surface area contributed by atoms with Gasteiger partial charge in [0.2, 0.25) is 0 Å². The quantitative estimate of drug-likeness (QED) is 0.652. The Kier molecular flexibility index (Phi) is 5.64. The van der Waals surface area contributed by atoms with Crippen molar-refractivity contribution < 1.29 is 14.3 Å². The molecule has 1 N–H and O–H groups in total. The van der Waals surface area contributed by atoms with Crippen LogP contribution in [0.15, 0.2) is 12.1 Å². The zero-order chi connectivity index (χ0) is 22.2. The van der Waals surface area contributed by atoms with Gasteiger partial charge in [-0.1, -0.05) is 0 Å². The summed E-state index contributed by atoms with van der Waals surface area (Å²) >= 11 is 1.64. The van der Waals surface area contributed by atoms with Gasteiger partial charge in [-0.3, -0.25) is 0 Å². The van der Waals surface area contributed by atoms with Crippen LogP contribution in [0.4, 0.5) is 10.5 Å². The van der Waals surface area contributed by atoms with E-state index in [-0.39, 0.29) is 6.03 Å². The standard InChI is InChI=1S/C22H28N6O3S/c1-26(2)22(29)28-8-6-14-15(7-9-28)24-20(23-14)21-25-18-17(30-3)5-4-16(19(18)32-21)27-10-12-31-13-11-27/h4-5H,6-13H2,1-3H3,(H,23,24). The number of hydrogen-bond donors (Lipinski definition) is 1. The molecule has 0 atom stereocenters. The van der Waals surface area contributed by atoms with Crippen molar-refractivity contribution in [2.45, 2.75) is 12.8 Å². The number of thiazole rings is 1. The molecule has 10 heteroatoms. The third kappa shape index (κ3) is 3.77. The first-order valence-corrected chi connectivity index (χ1v) is 11.7. The Bertz CT molecular complexity index is 1110. The number of rotatable bonds is 3. The highest BCUT2D eigenvalue weighted by Gasteiger charge is 2.24. The van der Waals surface area contributed by atoms with Crippen LogP contribution in [0.5, 0.6) is 5.75 Å². The molecule has 0 spiro atoms. The number of aromatic nitrogens is 3. The predicted octanol–water partition coefficient (Wildman–Crippen LogP) is 2.61. The number of hydrogen-bond acceptors (Lipinski definition) is 7. The van der Waals surface area contributed by atoms with E-state index in [2.05, 4.69) is 16.0 Å². The number of ether oxygens (including phenoxy) is 2.